The number of methoxy groups -OCH3 is 1. The van der Waals surface area contributed by atoms with E-state index in [0.29, 0.717) is 31.4 Å². The van der Waals surface area contributed by atoms with E-state index >= 15 is 0 Å². The summed E-state index contributed by atoms with van der Waals surface area (Å²) in [4.78, 5) is 42.4. The van der Waals surface area contributed by atoms with Gasteiger partial charge in [-0.2, -0.15) is 4.98 Å². The number of amides is 2. The lowest BCUT2D eigenvalue weighted by Crippen LogP contribution is -2.56. The van der Waals surface area contributed by atoms with Gasteiger partial charge in [0.05, 0.1) is 6.04 Å². The van der Waals surface area contributed by atoms with Gasteiger partial charge in [-0.15, -0.1) is 0 Å². The third-order valence-electron chi connectivity index (χ3n) is 6.29. The van der Waals surface area contributed by atoms with Gasteiger partial charge >= 0.3 is 0 Å². The molecule has 2 aromatic heterocycles. The zero-order valence-corrected chi connectivity index (χ0v) is 20.6. The number of allylic oxidation sites excluding steroid dienone is 1. The summed E-state index contributed by atoms with van der Waals surface area (Å²) >= 11 is 6.34. The molecule has 1 fully saturated rings. The minimum Gasteiger partial charge on any atom is -0.375 e. The first-order valence-electron chi connectivity index (χ1n) is 11.7. The number of carbonyl (C=O) groups is 2. The normalized spacial score (nSPS) is 16.8. The maximum atomic E-state index is 13.1. The molecule has 0 bridgehead atoms. The molecule has 1 aliphatic heterocycles. The smallest absolute Gasteiger partial charge is 0.248 e. The second-order valence-electron chi connectivity index (χ2n) is 8.71. The van der Waals surface area contributed by atoms with Gasteiger partial charge in [0, 0.05) is 57.3 Å². The number of halogens is 1. The quantitative estimate of drug-likeness (QED) is 0.490. The van der Waals surface area contributed by atoms with Crippen LogP contribution in [0.2, 0.25) is 5.15 Å². The van der Waals surface area contributed by atoms with Crippen LogP contribution in [-0.2, 0) is 20.7 Å². The minimum atomic E-state index is -0.324. The van der Waals surface area contributed by atoms with Gasteiger partial charge in [0.2, 0.25) is 17.8 Å². The molecule has 3 heterocycles. The molecule has 2 aliphatic rings. The number of carbonyl (C=O) groups excluding carboxylic acids is 2. The Hall–Kier alpha value is -3.76. The van der Waals surface area contributed by atoms with Crippen molar-refractivity contribution in [3.8, 4) is 5.95 Å². The van der Waals surface area contributed by atoms with Crippen LogP contribution in [0, 0.1) is 0 Å². The van der Waals surface area contributed by atoms with Crippen molar-refractivity contribution in [2.45, 2.75) is 18.9 Å². The molecule has 186 valence electrons. The maximum absolute atomic E-state index is 13.1. The number of imidazole rings is 1. The Morgan fingerprint density at radius 2 is 2.11 bits per heavy atom. The molecule has 1 N–H and O–H groups in total. The summed E-state index contributed by atoms with van der Waals surface area (Å²) < 4.78 is 6.70. The maximum Gasteiger partial charge on any atom is 0.248 e. The fourth-order valence-corrected chi connectivity index (χ4v) is 4.73. The summed E-state index contributed by atoms with van der Waals surface area (Å²) in [7, 11) is 1.49. The van der Waals surface area contributed by atoms with Gasteiger partial charge < -0.3 is 19.9 Å². The molecule has 3 aromatic rings. The molecule has 1 unspecified atom stereocenters. The first kappa shape index (κ1) is 24.0. The SMILES string of the molecule is COCC(=O)N1CCN(c2cc(Cl)nc(-n3ccnc3)n2)C(CC(=O)Nc2ccc3c(c2)C=CC3)C1. The number of nitrogens with one attached hydrogen (secondary N) is 1. The molecule has 11 heteroatoms. The van der Waals surface area contributed by atoms with Crippen molar-refractivity contribution in [2.75, 3.05) is 43.6 Å². The van der Waals surface area contributed by atoms with Crippen LogP contribution in [-0.4, -0.2) is 75.6 Å². The van der Waals surface area contributed by atoms with Crippen LogP contribution in [0.5, 0.6) is 0 Å². The molecule has 5 rings (SSSR count). The second-order valence-corrected chi connectivity index (χ2v) is 9.10. The standard InChI is InChI=1S/C25H26ClN7O3/c1-36-15-24(35)31-9-10-33(22-13-21(26)29-25(30-22)32-8-7-27-16-32)20(14-31)12-23(34)28-19-6-5-17-3-2-4-18(17)11-19/h2,4-8,11,13,16,20H,3,9-10,12,14-15H2,1H3,(H,28,34). The molecule has 0 saturated carbocycles. The van der Waals surface area contributed by atoms with Crippen molar-refractivity contribution in [3.63, 3.8) is 0 Å². The number of anilines is 2. The van der Waals surface area contributed by atoms with Crippen molar-refractivity contribution in [1.29, 1.82) is 0 Å². The van der Waals surface area contributed by atoms with E-state index in [0.717, 1.165) is 17.7 Å². The molecule has 1 aromatic carbocycles. The van der Waals surface area contributed by atoms with Crippen molar-refractivity contribution >= 4 is 41.0 Å². The predicted octanol–water partition coefficient (Wildman–Crippen LogP) is 2.58. The summed E-state index contributed by atoms with van der Waals surface area (Å²) in [6.07, 6.45) is 10.2. The Kier molecular flexibility index (Phi) is 6.97. The first-order chi connectivity index (χ1) is 17.5. The molecular weight excluding hydrogens is 482 g/mol. The van der Waals surface area contributed by atoms with Gasteiger partial charge in [-0.1, -0.05) is 29.8 Å². The van der Waals surface area contributed by atoms with Crippen LogP contribution in [0.3, 0.4) is 0 Å². The highest BCUT2D eigenvalue weighted by molar-refractivity contribution is 6.29. The highest BCUT2D eigenvalue weighted by Crippen LogP contribution is 2.26. The minimum absolute atomic E-state index is 0.00826. The van der Waals surface area contributed by atoms with Crippen molar-refractivity contribution in [3.05, 3.63) is 65.3 Å². The van der Waals surface area contributed by atoms with Crippen molar-refractivity contribution < 1.29 is 14.3 Å². The summed E-state index contributed by atoms with van der Waals surface area (Å²) in [5.41, 5.74) is 3.10. The number of nitrogens with zero attached hydrogens (tertiary/aromatic N) is 6. The van der Waals surface area contributed by atoms with E-state index in [1.54, 1.807) is 34.3 Å². The Balaban J connectivity index is 1.38. The molecule has 1 aliphatic carbocycles. The zero-order chi connectivity index (χ0) is 25.1. The number of rotatable bonds is 7. The average Bonchev–Trinajstić information content (AvgIpc) is 3.56. The Bertz CT molecular complexity index is 1290. The lowest BCUT2D eigenvalue weighted by molar-refractivity contribution is -0.136. The van der Waals surface area contributed by atoms with E-state index in [1.165, 1.54) is 12.7 Å². The van der Waals surface area contributed by atoms with Crippen LogP contribution in [0.1, 0.15) is 17.5 Å². The van der Waals surface area contributed by atoms with Crippen molar-refractivity contribution in [2.24, 2.45) is 0 Å². The van der Waals surface area contributed by atoms with Gasteiger partial charge in [0.1, 0.15) is 23.9 Å². The van der Waals surface area contributed by atoms with Crippen molar-refractivity contribution in [1.82, 2.24) is 24.4 Å². The predicted molar refractivity (Wildman–Crippen MR) is 136 cm³/mol. The van der Waals surface area contributed by atoms with Gasteiger partial charge in [0.25, 0.3) is 0 Å². The fraction of sp³-hybridized carbons (Fsp3) is 0.320. The fourth-order valence-electron chi connectivity index (χ4n) is 4.56. The first-order valence-corrected chi connectivity index (χ1v) is 12.0. The Morgan fingerprint density at radius 3 is 2.92 bits per heavy atom. The highest BCUT2D eigenvalue weighted by atomic mass is 35.5. The lowest BCUT2D eigenvalue weighted by Gasteiger charge is -2.42. The molecule has 0 spiro atoms. The summed E-state index contributed by atoms with van der Waals surface area (Å²) in [6, 6.07) is 7.27. The zero-order valence-electron chi connectivity index (χ0n) is 19.8. The number of ether oxygens (including phenoxy) is 1. The van der Waals surface area contributed by atoms with E-state index in [9.17, 15) is 9.59 Å². The van der Waals surface area contributed by atoms with Crippen LogP contribution in [0.15, 0.2) is 49.1 Å². The molecule has 10 nitrogen and oxygen atoms in total. The average molecular weight is 508 g/mol. The van der Waals surface area contributed by atoms with Gasteiger partial charge in [-0.25, -0.2) is 9.97 Å². The summed E-state index contributed by atoms with van der Waals surface area (Å²) in [5, 5.41) is 3.28. The van der Waals surface area contributed by atoms with Gasteiger partial charge in [-0.05, 0) is 29.7 Å². The van der Waals surface area contributed by atoms with Crippen LogP contribution in [0.25, 0.3) is 12.0 Å². The largest absolute Gasteiger partial charge is 0.375 e. The summed E-state index contributed by atoms with van der Waals surface area (Å²) in [5.74, 6) is 0.691. The van der Waals surface area contributed by atoms with Crippen LogP contribution < -0.4 is 10.2 Å². The number of hydrogen-bond donors (Lipinski definition) is 1. The van der Waals surface area contributed by atoms with E-state index < -0.39 is 0 Å². The molecule has 1 atom stereocenters. The van der Waals surface area contributed by atoms with E-state index in [2.05, 4.69) is 32.4 Å². The Labute approximate surface area is 213 Å². The van der Waals surface area contributed by atoms with E-state index in [-0.39, 0.29) is 36.0 Å². The third-order valence-corrected chi connectivity index (χ3v) is 6.48. The molecule has 36 heavy (non-hydrogen) atoms. The number of aromatic nitrogens is 4. The number of fused-ring (bicyclic) bond motifs is 1. The molecule has 0 radical (unpaired) electrons. The van der Waals surface area contributed by atoms with Crippen LogP contribution >= 0.6 is 11.6 Å². The van der Waals surface area contributed by atoms with Crippen LogP contribution in [0.4, 0.5) is 11.5 Å². The molecular formula is C25H26ClN7O3. The molecule has 1 saturated heterocycles. The third kappa shape index (κ3) is 5.24. The topological polar surface area (TPSA) is 105 Å². The van der Waals surface area contributed by atoms with E-state index in [1.807, 2.05) is 23.1 Å². The Morgan fingerprint density at radius 1 is 1.22 bits per heavy atom. The molecule has 2 amide bonds. The summed E-state index contributed by atoms with van der Waals surface area (Å²) in [6.45, 7) is 1.30. The monoisotopic (exact) mass is 507 g/mol. The van der Waals surface area contributed by atoms with Gasteiger partial charge in [0.15, 0.2) is 0 Å². The number of benzene rings is 1. The highest BCUT2D eigenvalue weighted by Gasteiger charge is 2.32. The van der Waals surface area contributed by atoms with Gasteiger partial charge in [-0.3, -0.25) is 14.2 Å². The van der Waals surface area contributed by atoms with E-state index in [4.69, 9.17) is 16.3 Å². The second kappa shape index (κ2) is 10.5. The number of hydrogen-bond acceptors (Lipinski definition) is 7. The number of piperazine rings is 1. The lowest BCUT2D eigenvalue weighted by atomic mass is 10.1.